The molecule has 8 heteroatoms. The molecule has 0 spiro atoms. The fourth-order valence-electron chi connectivity index (χ4n) is 2.61. The second-order valence-electron chi connectivity index (χ2n) is 6.43. The van der Waals surface area contributed by atoms with Crippen molar-refractivity contribution in [3.63, 3.8) is 0 Å². The van der Waals surface area contributed by atoms with Crippen molar-refractivity contribution in [2.75, 3.05) is 14.1 Å². The standard InChI is InChI=1S/C20H25N3O4.ClH/c1-23(2)20(25)17(21)13-14-7-10-16(11-8-14)27-18-6-4-3-5-15(18)9-12-19(24)22-26;/h3-8,10-11,17,26H,9,12-13,21H2,1-2H3,(H,22,24);1H. The summed E-state index contributed by atoms with van der Waals surface area (Å²) in [7, 11) is 3.36. The van der Waals surface area contributed by atoms with Crippen LogP contribution in [0.4, 0.5) is 0 Å². The topological polar surface area (TPSA) is 105 Å². The molecule has 1 unspecified atom stereocenters. The molecule has 2 aromatic rings. The number of para-hydroxylation sites is 1. The van der Waals surface area contributed by atoms with Gasteiger partial charge in [0.2, 0.25) is 11.8 Å². The molecule has 0 aliphatic heterocycles. The van der Waals surface area contributed by atoms with E-state index in [4.69, 9.17) is 15.7 Å². The monoisotopic (exact) mass is 407 g/mol. The number of benzene rings is 2. The highest BCUT2D eigenvalue weighted by Crippen LogP contribution is 2.26. The van der Waals surface area contributed by atoms with Gasteiger partial charge in [-0.1, -0.05) is 30.3 Å². The summed E-state index contributed by atoms with van der Waals surface area (Å²) in [6, 6.07) is 14.2. The number of rotatable bonds is 8. The van der Waals surface area contributed by atoms with Crippen LogP contribution in [-0.4, -0.2) is 42.1 Å². The van der Waals surface area contributed by atoms with E-state index < -0.39 is 11.9 Å². The van der Waals surface area contributed by atoms with Gasteiger partial charge in [0.25, 0.3) is 0 Å². The predicted molar refractivity (Wildman–Crippen MR) is 109 cm³/mol. The molecule has 0 saturated carbocycles. The normalized spacial score (nSPS) is 11.1. The minimum atomic E-state index is -0.579. The molecule has 4 N–H and O–H groups in total. The Morgan fingerprint density at radius 1 is 1.14 bits per heavy atom. The van der Waals surface area contributed by atoms with Crippen molar-refractivity contribution in [2.24, 2.45) is 5.73 Å². The number of carbonyl (C=O) groups excluding carboxylic acids is 2. The van der Waals surface area contributed by atoms with Gasteiger partial charge in [-0.25, -0.2) is 5.48 Å². The van der Waals surface area contributed by atoms with Crippen LogP contribution in [0.25, 0.3) is 0 Å². The lowest BCUT2D eigenvalue weighted by molar-refractivity contribution is -0.130. The molecule has 0 radical (unpaired) electrons. The molecule has 2 amide bonds. The molecular weight excluding hydrogens is 382 g/mol. The van der Waals surface area contributed by atoms with E-state index in [2.05, 4.69) is 0 Å². The van der Waals surface area contributed by atoms with E-state index in [1.54, 1.807) is 19.6 Å². The van der Waals surface area contributed by atoms with E-state index in [9.17, 15) is 9.59 Å². The average Bonchev–Trinajstić information content (AvgIpc) is 2.67. The number of carbonyl (C=O) groups is 2. The van der Waals surface area contributed by atoms with Crippen LogP contribution >= 0.6 is 12.4 Å². The van der Waals surface area contributed by atoms with E-state index in [0.29, 0.717) is 24.3 Å². The number of ether oxygens (including phenoxy) is 1. The first-order valence-corrected chi connectivity index (χ1v) is 8.65. The van der Waals surface area contributed by atoms with Crippen molar-refractivity contribution >= 4 is 24.2 Å². The smallest absolute Gasteiger partial charge is 0.243 e. The third kappa shape index (κ3) is 6.84. The Kier molecular flexibility index (Phi) is 9.44. The van der Waals surface area contributed by atoms with Gasteiger partial charge in [-0.15, -0.1) is 12.4 Å². The Morgan fingerprint density at radius 3 is 2.39 bits per heavy atom. The average molecular weight is 408 g/mol. The number of amides is 2. The van der Waals surface area contributed by atoms with Crippen LogP contribution in [0.15, 0.2) is 48.5 Å². The molecule has 0 heterocycles. The van der Waals surface area contributed by atoms with Gasteiger partial charge in [-0.05, 0) is 42.2 Å². The second kappa shape index (κ2) is 11.3. The predicted octanol–water partition coefficient (Wildman–Crippen LogP) is 2.30. The zero-order chi connectivity index (χ0) is 19.8. The molecule has 0 aliphatic rings. The Hall–Kier alpha value is -2.61. The minimum absolute atomic E-state index is 0. The quantitative estimate of drug-likeness (QED) is 0.460. The van der Waals surface area contributed by atoms with E-state index in [1.807, 2.05) is 48.5 Å². The molecule has 0 saturated heterocycles. The first kappa shape index (κ1) is 23.4. The summed E-state index contributed by atoms with van der Waals surface area (Å²) >= 11 is 0. The SMILES string of the molecule is CN(C)C(=O)C(N)Cc1ccc(Oc2ccccc2CCC(=O)NO)cc1.Cl. The summed E-state index contributed by atoms with van der Waals surface area (Å²) < 4.78 is 5.92. The molecule has 28 heavy (non-hydrogen) atoms. The highest BCUT2D eigenvalue weighted by Gasteiger charge is 2.16. The molecule has 0 bridgehead atoms. The van der Waals surface area contributed by atoms with E-state index in [0.717, 1.165) is 11.1 Å². The van der Waals surface area contributed by atoms with Crippen molar-refractivity contribution in [1.82, 2.24) is 10.4 Å². The van der Waals surface area contributed by atoms with Crippen molar-refractivity contribution < 1.29 is 19.5 Å². The van der Waals surface area contributed by atoms with E-state index >= 15 is 0 Å². The van der Waals surface area contributed by atoms with E-state index in [1.165, 1.54) is 4.90 Å². The Bertz CT molecular complexity index is 781. The summed E-state index contributed by atoms with van der Waals surface area (Å²) in [5, 5.41) is 8.61. The lowest BCUT2D eigenvalue weighted by Gasteiger charge is -2.17. The van der Waals surface area contributed by atoms with Crippen LogP contribution in [0.2, 0.25) is 0 Å². The van der Waals surface area contributed by atoms with Gasteiger partial charge in [0, 0.05) is 20.5 Å². The van der Waals surface area contributed by atoms with Gasteiger partial charge in [0.1, 0.15) is 11.5 Å². The van der Waals surface area contributed by atoms with Gasteiger partial charge < -0.3 is 15.4 Å². The molecule has 2 rings (SSSR count). The summed E-state index contributed by atoms with van der Waals surface area (Å²) in [4.78, 5) is 24.6. The van der Waals surface area contributed by atoms with Crippen LogP contribution in [0.5, 0.6) is 11.5 Å². The van der Waals surface area contributed by atoms with Crippen molar-refractivity contribution in [2.45, 2.75) is 25.3 Å². The number of nitrogens with one attached hydrogen (secondary N) is 1. The molecular formula is C20H26ClN3O4. The van der Waals surface area contributed by atoms with Gasteiger partial charge in [0.05, 0.1) is 6.04 Å². The Labute approximate surface area is 170 Å². The van der Waals surface area contributed by atoms with E-state index in [-0.39, 0.29) is 24.7 Å². The lowest BCUT2D eigenvalue weighted by atomic mass is 10.1. The molecule has 1 atom stereocenters. The van der Waals surface area contributed by atoms with Crippen LogP contribution in [0.1, 0.15) is 17.5 Å². The van der Waals surface area contributed by atoms with Crippen molar-refractivity contribution in [3.8, 4) is 11.5 Å². The summed E-state index contributed by atoms with van der Waals surface area (Å²) in [6.45, 7) is 0. The third-order valence-corrected chi connectivity index (χ3v) is 4.08. The fraction of sp³-hybridized carbons (Fsp3) is 0.300. The number of hydroxylamine groups is 1. The van der Waals surface area contributed by atoms with Crippen LogP contribution < -0.4 is 16.0 Å². The second-order valence-corrected chi connectivity index (χ2v) is 6.43. The van der Waals surface area contributed by atoms with Crippen molar-refractivity contribution in [1.29, 1.82) is 0 Å². The van der Waals surface area contributed by atoms with Crippen LogP contribution in [-0.2, 0) is 22.4 Å². The van der Waals surface area contributed by atoms with Gasteiger partial charge in [0.15, 0.2) is 0 Å². The zero-order valence-corrected chi connectivity index (χ0v) is 16.7. The maximum atomic E-state index is 11.9. The number of hydrogen-bond acceptors (Lipinski definition) is 5. The van der Waals surface area contributed by atoms with Crippen LogP contribution in [0, 0.1) is 0 Å². The molecule has 7 nitrogen and oxygen atoms in total. The Morgan fingerprint density at radius 2 is 1.79 bits per heavy atom. The highest BCUT2D eigenvalue weighted by atomic mass is 35.5. The number of likely N-dealkylation sites (N-methyl/N-ethyl adjacent to an activating group) is 1. The van der Waals surface area contributed by atoms with Gasteiger partial charge >= 0.3 is 0 Å². The maximum absolute atomic E-state index is 11.9. The summed E-state index contributed by atoms with van der Waals surface area (Å²) in [5.41, 5.74) is 9.36. The molecule has 0 fully saturated rings. The summed E-state index contributed by atoms with van der Waals surface area (Å²) in [6.07, 6.45) is 1.06. The van der Waals surface area contributed by atoms with Gasteiger partial charge in [-0.2, -0.15) is 0 Å². The molecule has 0 aromatic heterocycles. The minimum Gasteiger partial charge on any atom is -0.457 e. The molecule has 152 valence electrons. The first-order chi connectivity index (χ1) is 12.9. The fourth-order valence-corrected chi connectivity index (χ4v) is 2.61. The zero-order valence-electron chi connectivity index (χ0n) is 15.9. The first-order valence-electron chi connectivity index (χ1n) is 8.65. The number of aryl methyl sites for hydroxylation is 1. The van der Waals surface area contributed by atoms with Crippen molar-refractivity contribution in [3.05, 3.63) is 59.7 Å². The van der Waals surface area contributed by atoms with Crippen LogP contribution in [0.3, 0.4) is 0 Å². The third-order valence-electron chi connectivity index (χ3n) is 4.08. The maximum Gasteiger partial charge on any atom is 0.243 e. The number of halogens is 1. The highest BCUT2D eigenvalue weighted by molar-refractivity contribution is 5.85. The lowest BCUT2D eigenvalue weighted by Crippen LogP contribution is -2.41. The number of nitrogens with two attached hydrogens (primary N) is 1. The number of nitrogens with zero attached hydrogens (tertiary/aromatic N) is 1. The van der Waals surface area contributed by atoms with Gasteiger partial charge in [-0.3, -0.25) is 14.8 Å². The number of hydrogen-bond donors (Lipinski definition) is 3. The Balaban J connectivity index is 0.00000392. The largest absolute Gasteiger partial charge is 0.457 e. The molecule has 0 aliphatic carbocycles. The molecule has 2 aromatic carbocycles. The summed E-state index contributed by atoms with van der Waals surface area (Å²) in [5.74, 6) is 0.731.